The summed E-state index contributed by atoms with van der Waals surface area (Å²) in [5, 5.41) is 26.3. The van der Waals surface area contributed by atoms with Crippen LogP contribution in [-0.2, 0) is 52.8 Å². The number of rotatable bonds is 25. The lowest BCUT2D eigenvalue weighted by Gasteiger charge is -2.26. The Labute approximate surface area is 412 Å². The van der Waals surface area contributed by atoms with Crippen molar-refractivity contribution in [1.29, 1.82) is 0 Å². The number of alkyl carbamates (subject to hydrolysis) is 3. The zero-order valence-electron chi connectivity index (χ0n) is 42.1. The predicted octanol–water partition coefficient (Wildman–Crippen LogP) is 6.87. The normalized spacial score (nSPS) is 13.2. The molecular formula is C52H74N6O12. The number of hydrogen-bond acceptors (Lipinski definition) is 11. The number of benzene rings is 3. The molecule has 0 saturated carbocycles. The van der Waals surface area contributed by atoms with Gasteiger partial charge in [-0.3, -0.25) is 14.4 Å². The summed E-state index contributed by atoms with van der Waals surface area (Å²) in [6, 6.07) is 19.5. The topological polar surface area (TPSA) is 249 Å². The number of aliphatic carboxylic acids is 1. The highest BCUT2D eigenvalue weighted by Gasteiger charge is 2.32. The van der Waals surface area contributed by atoms with Gasteiger partial charge in [-0.25, -0.2) is 19.2 Å². The lowest BCUT2D eigenvalue weighted by atomic mass is 10.0. The van der Waals surface area contributed by atoms with Gasteiger partial charge in [0.25, 0.3) is 0 Å². The zero-order chi connectivity index (χ0) is 51.9. The highest BCUT2D eigenvalue weighted by Crippen LogP contribution is 2.20. The minimum atomic E-state index is -1.35. The first-order valence-corrected chi connectivity index (χ1v) is 23.7. The van der Waals surface area contributed by atoms with Crippen molar-refractivity contribution in [2.75, 3.05) is 13.1 Å². The van der Waals surface area contributed by atoms with Crippen LogP contribution in [0.5, 0.6) is 5.75 Å². The van der Waals surface area contributed by atoms with Gasteiger partial charge in [-0.05, 0) is 130 Å². The first kappa shape index (κ1) is 57.5. The standard InChI is InChI=1S/C52H74N6O12/c1-50(2,3)68-38-28-26-36(27-29-38)32-41(45(61)57-42(46(62)63)33-35-20-12-10-13-21-35)56-43(59)39(24-16-18-30-53-47(64)69-51(4,5)6)55-44(60)40(25-17-19-31-54-48(65)70-52(7,8)9)58-49(66)67-34-37-22-14-11-15-23-37/h10-15,20-23,26-29,39-42H,16-19,24-25,30-34H2,1-9H3,(H,53,64)(H,54,65)(H,55,60)(H,56,59)(H,57,61)(H,58,66)(H,62,63)/t39-,40-,41-,42-/m0/s1. The Morgan fingerprint density at radius 2 is 0.886 bits per heavy atom. The lowest BCUT2D eigenvalue weighted by molar-refractivity contribution is -0.142. The van der Waals surface area contributed by atoms with Gasteiger partial charge in [0, 0.05) is 25.9 Å². The molecule has 0 fully saturated rings. The Morgan fingerprint density at radius 1 is 0.471 bits per heavy atom. The number of unbranched alkanes of at least 4 members (excludes halogenated alkanes) is 2. The van der Waals surface area contributed by atoms with Gasteiger partial charge in [0.1, 0.15) is 53.3 Å². The van der Waals surface area contributed by atoms with E-state index in [1.165, 1.54) is 0 Å². The highest BCUT2D eigenvalue weighted by molar-refractivity contribution is 5.95. The summed E-state index contributed by atoms with van der Waals surface area (Å²) in [6.07, 6.45) is -0.700. The number of nitrogens with one attached hydrogen (secondary N) is 6. The van der Waals surface area contributed by atoms with Gasteiger partial charge in [-0.2, -0.15) is 0 Å². The summed E-state index contributed by atoms with van der Waals surface area (Å²) in [6.45, 7) is 16.5. The van der Waals surface area contributed by atoms with Gasteiger partial charge in [-0.1, -0.05) is 72.8 Å². The van der Waals surface area contributed by atoms with E-state index in [2.05, 4.69) is 31.9 Å². The third-order valence-corrected chi connectivity index (χ3v) is 9.95. The molecule has 0 heterocycles. The number of hydrogen-bond donors (Lipinski definition) is 7. The maximum Gasteiger partial charge on any atom is 0.408 e. The number of ether oxygens (including phenoxy) is 4. The molecule has 0 aliphatic heterocycles. The van der Waals surface area contributed by atoms with E-state index in [9.17, 15) is 38.7 Å². The predicted molar refractivity (Wildman–Crippen MR) is 264 cm³/mol. The van der Waals surface area contributed by atoms with Crippen LogP contribution in [0.2, 0.25) is 0 Å². The van der Waals surface area contributed by atoms with E-state index in [0.29, 0.717) is 48.1 Å². The molecule has 18 heteroatoms. The summed E-state index contributed by atoms with van der Waals surface area (Å²) in [7, 11) is 0. The van der Waals surface area contributed by atoms with Gasteiger partial charge in [0.2, 0.25) is 17.7 Å². The molecule has 3 rings (SSSR count). The van der Waals surface area contributed by atoms with E-state index in [0.717, 1.165) is 0 Å². The fourth-order valence-corrected chi connectivity index (χ4v) is 6.76. The first-order valence-electron chi connectivity index (χ1n) is 23.7. The molecule has 4 atom stereocenters. The smallest absolute Gasteiger partial charge is 0.408 e. The van der Waals surface area contributed by atoms with E-state index in [1.54, 1.807) is 120 Å². The zero-order valence-corrected chi connectivity index (χ0v) is 42.1. The summed E-state index contributed by atoms with van der Waals surface area (Å²) in [5.41, 5.74) is 0.0954. The molecule has 0 unspecified atom stereocenters. The van der Waals surface area contributed by atoms with E-state index in [4.69, 9.17) is 18.9 Å². The maximum atomic E-state index is 14.5. The van der Waals surface area contributed by atoms with Gasteiger partial charge in [0.05, 0.1) is 0 Å². The molecule has 0 aromatic heterocycles. The number of carbonyl (C=O) groups excluding carboxylic acids is 6. The second kappa shape index (κ2) is 28.0. The SMILES string of the molecule is CC(C)(C)OC(=O)NCCCC[C@H](NC(=O)OCc1ccccc1)C(=O)N[C@@H](CCCCNC(=O)OC(C)(C)C)C(=O)N[C@@H](Cc1ccc(OC(C)(C)C)cc1)C(=O)N[C@@H](Cc1ccccc1)C(=O)O. The molecule has 0 aliphatic carbocycles. The molecule has 0 spiro atoms. The second-order valence-electron chi connectivity index (χ2n) is 19.9. The van der Waals surface area contributed by atoms with E-state index in [1.807, 2.05) is 26.8 Å². The molecule has 18 nitrogen and oxygen atoms in total. The molecule has 0 saturated heterocycles. The summed E-state index contributed by atoms with van der Waals surface area (Å²) in [5.74, 6) is -2.97. The van der Waals surface area contributed by atoms with Crippen LogP contribution in [0.15, 0.2) is 84.9 Å². The molecule has 0 aliphatic rings. The van der Waals surface area contributed by atoms with Gasteiger partial charge >= 0.3 is 24.2 Å². The second-order valence-corrected chi connectivity index (χ2v) is 19.9. The van der Waals surface area contributed by atoms with Crippen LogP contribution < -0.4 is 36.6 Å². The molecule has 6 amide bonds. The number of carboxylic acids is 1. The van der Waals surface area contributed by atoms with Gasteiger partial charge < -0.3 is 56.0 Å². The van der Waals surface area contributed by atoms with Crippen LogP contribution in [-0.4, -0.2) is 101 Å². The molecule has 3 aromatic rings. The van der Waals surface area contributed by atoms with Crippen LogP contribution in [0.3, 0.4) is 0 Å². The number of carboxylic acid groups (broad SMARTS) is 1. The van der Waals surface area contributed by atoms with Crippen molar-refractivity contribution in [1.82, 2.24) is 31.9 Å². The average Bonchev–Trinajstić information content (AvgIpc) is 3.26. The van der Waals surface area contributed by atoms with Crippen molar-refractivity contribution >= 4 is 42.0 Å². The third-order valence-electron chi connectivity index (χ3n) is 9.95. The Balaban J connectivity index is 1.91. The van der Waals surface area contributed by atoms with Gasteiger partial charge in [-0.15, -0.1) is 0 Å². The van der Waals surface area contributed by atoms with Crippen LogP contribution in [0.1, 0.15) is 118 Å². The largest absolute Gasteiger partial charge is 0.488 e. The van der Waals surface area contributed by atoms with Crippen molar-refractivity contribution < 1.29 is 57.6 Å². The number of amides is 6. The van der Waals surface area contributed by atoms with E-state index >= 15 is 0 Å². The Hall–Kier alpha value is -6.85. The fourth-order valence-electron chi connectivity index (χ4n) is 6.76. The first-order chi connectivity index (χ1) is 32.9. The van der Waals surface area contributed by atoms with E-state index < -0.39 is 82.9 Å². The Bertz CT molecular complexity index is 2130. The van der Waals surface area contributed by atoms with Crippen molar-refractivity contribution in [3.8, 4) is 5.75 Å². The minimum absolute atomic E-state index is 0.0253. The highest BCUT2D eigenvalue weighted by atomic mass is 16.6. The number of carbonyl (C=O) groups is 7. The molecule has 70 heavy (non-hydrogen) atoms. The third kappa shape index (κ3) is 24.4. The summed E-state index contributed by atoms with van der Waals surface area (Å²) < 4.78 is 22.0. The lowest BCUT2D eigenvalue weighted by Crippen LogP contribution is -2.58. The van der Waals surface area contributed by atoms with Crippen molar-refractivity contribution in [3.63, 3.8) is 0 Å². The average molecular weight is 975 g/mol. The molecule has 7 N–H and O–H groups in total. The quantitative estimate of drug-likeness (QED) is 0.0340. The van der Waals surface area contributed by atoms with Crippen LogP contribution in [0, 0.1) is 0 Å². The van der Waals surface area contributed by atoms with Crippen molar-refractivity contribution in [2.24, 2.45) is 0 Å². The molecule has 0 bridgehead atoms. The van der Waals surface area contributed by atoms with E-state index in [-0.39, 0.29) is 45.4 Å². The maximum absolute atomic E-state index is 14.5. The van der Waals surface area contributed by atoms with Crippen LogP contribution in [0.4, 0.5) is 14.4 Å². The van der Waals surface area contributed by atoms with Crippen LogP contribution in [0.25, 0.3) is 0 Å². The summed E-state index contributed by atoms with van der Waals surface area (Å²) >= 11 is 0. The Kier molecular flexibility index (Phi) is 23.0. The van der Waals surface area contributed by atoms with Crippen molar-refractivity contribution in [2.45, 2.75) is 161 Å². The molecule has 3 aromatic carbocycles. The van der Waals surface area contributed by atoms with Crippen molar-refractivity contribution in [3.05, 3.63) is 102 Å². The molecule has 0 radical (unpaired) electrons. The fraction of sp³-hybridized carbons (Fsp3) is 0.519. The van der Waals surface area contributed by atoms with Crippen LogP contribution >= 0.6 is 0 Å². The molecule has 384 valence electrons. The monoisotopic (exact) mass is 975 g/mol. The minimum Gasteiger partial charge on any atom is -0.488 e. The Morgan fingerprint density at radius 3 is 1.36 bits per heavy atom. The molecular weight excluding hydrogens is 901 g/mol. The van der Waals surface area contributed by atoms with Gasteiger partial charge in [0.15, 0.2) is 0 Å². The summed E-state index contributed by atoms with van der Waals surface area (Å²) in [4.78, 5) is 93.2.